The molecule has 4 fully saturated rings. The molecule has 0 spiro atoms. The quantitative estimate of drug-likeness (QED) is 0.500. The highest BCUT2D eigenvalue weighted by molar-refractivity contribution is 5.97. The van der Waals surface area contributed by atoms with E-state index in [1.807, 2.05) is 30.8 Å². The van der Waals surface area contributed by atoms with Crippen molar-refractivity contribution in [2.75, 3.05) is 32.7 Å². The van der Waals surface area contributed by atoms with E-state index >= 15 is 0 Å². The highest BCUT2D eigenvalue weighted by Crippen LogP contribution is 2.37. The number of Topliss-reactive ketones (excluding diaryl/α,β-unsaturated/α-hetero) is 2. The number of hydrogen-bond acceptors (Lipinski definition) is 8. The van der Waals surface area contributed by atoms with Crippen LogP contribution in [0.25, 0.3) is 0 Å². The highest BCUT2D eigenvalue weighted by atomic mass is 16.2. The van der Waals surface area contributed by atoms with Gasteiger partial charge < -0.3 is 5.73 Å². The van der Waals surface area contributed by atoms with E-state index in [0.29, 0.717) is 45.4 Å². The van der Waals surface area contributed by atoms with Crippen molar-refractivity contribution in [3.05, 3.63) is 0 Å². The zero-order chi connectivity index (χ0) is 23.4. The number of nitrogens with two attached hydrogens (primary N) is 1. The number of carbonyl (C=O) groups excluding carboxylic acids is 4. The fourth-order valence-corrected chi connectivity index (χ4v) is 5.75. The smallest absolute Gasteiger partial charge is 0.259 e. The van der Waals surface area contributed by atoms with Crippen LogP contribution in [-0.2, 0) is 19.2 Å². The van der Waals surface area contributed by atoms with Gasteiger partial charge in [-0.05, 0) is 32.1 Å². The second kappa shape index (κ2) is 8.16. The lowest BCUT2D eigenvalue weighted by Gasteiger charge is -2.35. The molecule has 0 bridgehead atoms. The molecule has 32 heavy (non-hydrogen) atoms. The predicted molar refractivity (Wildman–Crippen MR) is 117 cm³/mol. The molecule has 5 atom stereocenters. The maximum Gasteiger partial charge on any atom is 0.259 e. The number of hydrogen-bond donors (Lipinski definition) is 2. The van der Waals surface area contributed by atoms with E-state index in [1.165, 1.54) is 6.92 Å². The lowest BCUT2D eigenvalue weighted by Crippen LogP contribution is -2.61. The standard InChI is InChI=1S/C22H36N6O4/c1-5-14(3)22(13-26-9-7-16(15(4)29)27(26)20(22)32)24-11-18(30)17-8-10-25-12-21(23,6-2)19(31)28(17)25/h14,16-17,24H,5-13,23H2,1-4H3. The van der Waals surface area contributed by atoms with Crippen molar-refractivity contribution in [1.29, 1.82) is 0 Å². The van der Waals surface area contributed by atoms with Crippen molar-refractivity contribution in [1.82, 2.24) is 25.4 Å². The highest BCUT2D eigenvalue weighted by Gasteiger charge is 2.59. The van der Waals surface area contributed by atoms with Gasteiger partial charge in [-0.1, -0.05) is 27.2 Å². The summed E-state index contributed by atoms with van der Waals surface area (Å²) in [6.07, 6.45) is 2.49. The van der Waals surface area contributed by atoms with Gasteiger partial charge in [0.25, 0.3) is 11.8 Å². The summed E-state index contributed by atoms with van der Waals surface area (Å²) in [5.41, 5.74) is 4.41. The molecule has 4 aliphatic rings. The van der Waals surface area contributed by atoms with Crippen LogP contribution in [0.2, 0.25) is 0 Å². The summed E-state index contributed by atoms with van der Waals surface area (Å²) >= 11 is 0. The Morgan fingerprint density at radius 2 is 1.66 bits per heavy atom. The van der Waals surface area contributed by atoms with Crippen molar-refractivity contribution in [2.45, 2.75) is 76.5 Å². The number of nitrogens with zero attached hydrogens (tertiary/aromatic N) is 4. The fourth-order valence-electron chi connectivity index (χ4n) is 5.75. The summed E-state index contributed by atoms with van der Waals surface area (Å²) in [6, 6.07) is -0.981. The van der Waals surface area contributed by atoms with Gasteiger partial charge in [0.1, 0.15) is 23.2 Å². The molecule has 0 saturated carbocycles. The number of hydrazine groups is 2. The Hall–Kier alpha value is -1.88. The molecule has 178 valence electrons. The Morgan fingerprint density at radius 3 is 2.25 bits per heavy atom. The first-order valence-electron chi connectivity index (χ1n) is 11.8. The Labute approximate surface area is 189 Å². The van der Waals surface area contributed by atoms with Gasteiger partial charge in [-0.3, -0.25) is 34.5 Å². The van der Waals surface area contributed by atoms with Gasteiger partial charge in [0.2, 0.25) is 0 Å². The van der Waals surface area contributed by atoms with Gasteiger partial charge in [0.15, 0.2) is 11.6 Å². The topological polar surface area (TPSA) is 119 Å². The molecule has 4 heterocycles. The molecular weight excluding hydrogens is 412 g/mol. The van der Waals surface area contributed by atoms with Crippen LogP contribution in [0.4, 0.5) is 0 Å². The molecule has 4 aliphatic heterocycles. The van der Waals surface area contributed by atoms with Crippen molar-refractivity contribution in [2.24, 2.45) is 11.7 Å². The number of amides is 2. The van der Waals surface area contributed by atoms with Gasteiger partial charge in [-0.2, -0.15) is 0 Å². The van der Waals surface area contributed by atoms with E-state index in [9.17, 15) is 19.2 Å². The number of nitrogens with one attached hydrogen (secondary N) is 1. The normalized spacial score (nSPS) is 36.2. The van der Waals surface area contributed by atoms with E-state index in [1.54, 1.807) is 10.0 Å². The van der Waals surface area contributed by atoms with Crippen LogP contribution in [0.15, 0.2) is 0 Å². The Bertz CT molecular complexity index is 835. The summed E-state index contributed by atoms with van der Waals surface area (Å²) in [6.45, 7) is 9.59. The third-order valence-corrected chi connectivity index (χ3v) is 8.15. The molecule has 2 amide bonds. The molecule has 0 aromatic carbocycles. The first kappa shape index (κ1) is 23.3. The van der Waals surface area contributed by atoms with Crippen LogP contribution in [0.5, 0.6) is 0 Å². The molecular formula is C22H36N6O4. The maximum absolute atomic E-state index is 13.6. The van der Waals surface area contributed by atoms with Gasteiger partial charge >= 0.3 is 0 Å². The number of rotatable bonds is 8. The van der Waals surface area contributed by atoms with Crippen molar-refractivity contribution >= 4 is 23.4 Å². The molecule has 4 rings (SSSR count). The number of ketones is 2. The zero-order valence-corrected chi connectivity index (χ0v) is 19.6. The second-order valence-electron chi connectivity index (χ2n) is 9.91. The summed E-state index contributed by atoms with van der Waals surface area (Å²) in [5, 5.41) is 10.3. The second-order valence-corrected chi connectivity index (χ2v) is 9.91. The summed E-state index contributed by atoms with van der Waals surface area (Å²) in [5.74, 6) is -0.472. The van der Waals surface area contributed by atoms with E-state index in [-0.39, 0.29) is 35.8 Å². The van der Waals surface area contributed by atoms with Gasteiger partial charge in [0.05, 0.1) is 6.54 Å². The largest absolute Gasteiger partial charge is 0.316 e. The van der Waals surface area contributed by atoms with Crippen LogP contribution in [0.3, 0.4) is 0 Å². The van der Waals surface area contributed by atoms with Gasteiger partial charge in [0, 0.05) is 26.2 Å². The third-order valence-electron chi connectivity index (χ3n) is 8.15. The molecule has 0 aromatic heterocycles. The van der Waals surface area contributed by atoms with Crippen LogP contribution < -0.4 is 11.1 Å². The molecule has 0 radical (unpaired) electrons. The fraction of sp³-hybridized carbons (Fsp3) is 0.818. The lowest BCUT2D eigenvalue weighted by atomic mass is 9.82. The molecule has 0 aromatic rings. The SMILES string of the molecule is CCC(C)C1(NCC(=O)C2CCN3CC(N)(CC)C(=O)N23)CN2CCC(C(C)=O)N2C1=O. The number of fused-ring (bicyclic) bond motifs is 2. The maximum atomic E-state index is 13.6. The average Bonchev–Trinajstić information content (AvgIpc) is 3.49. The first-order valence-corrected chi connectivity index (χ1v) is 11.8. The van der Waals surface area contributed by atoms with E-state index in [2.05, 4.69) is 5.32 Å². The Balaban J connectivity index is 1.50. The third kappa shape index (κ3) is 3.30. The van der Waals surface area contributed by atoms with E-state index in [4.69, 9.17) is 5.73 Å². The van der Waals surface area contributed by atoms with Crippen molar-refractivity contribution in [3.8, 4) is 0 Å². The minimum absolute atomic E-state index is 0.00548. The Morgan fingerprint density at radius 1 is 1.06 bits per heavy atom. The van der Waals surface area contributed by atoms with Gasteiger partial charge in [-0.15, -0.1) is 0 Å². The van der Waals surface area contributed by atoms with Crippen LogP contribution in [-0.4, -0.2) is 99.3 Å². The molecule has 3 N–H and O–H groups in total. The van der Waals surface area contributed by atoms with Crippen molar-refractivity contribution in [3.63, 3.8) is 0 Å². The van der Waals surface area contributed by atoms with E-state index in [0.717, 1.165) is 6.42 Å². The van der Waals surface area contributed by atoms with Crippen LogP contribution >= 0.6 is 0 Å². The first-order chi connectivity index (χ1) is 15.1. The van der Waals surface area contributed by atoms with E-state index < -0.39 is 23.2 Å². The Kier molecular flexibility index (Phi) is 5.94. The molecule has 0 aliphatic carbocycles. The lowest BCUT2D eigenvalue weighted by molar-refractivity contribution is -0.147. The number of carbonyl (C=O) groups is 4. The average molecular weight is 449 g/mol. The van der Waals surface area contributed by atoms with Crippen LogP contribution in [0.1, 0.15) is 53.4 Å². The molecule has 10 heteroatoms. The zero-order valence-electron chi connectivity index (χ0n) is 19.6. The monoisotopic (exact) mass is 448 g/mol. The van der Waals surface area contributed by atoms with Crippen molar-refractivity contribution < 1.29 is 19.2 Å². The summed E-state index contributed by atoms with van der Waals surface area (Å²) in [4.78, 5) is 51.8. The minimum atomic E-state index is -0.939. The molecule has 4 saturated heterocycles. The van der Waals surface area contributed by atoms with Gasteiger partial charge in [-0.25, -0.2) is 10.0 Å². The van der Waals surface area contributed by atoms with Crippen LogP contribution in [0, 0.1) is 5.92 Å². The summed E-state index contributed by atoms with van der Waals surface area (Å²) in [7, 11) is 0. The summed E-state index contributed by atoms with van der Waals surface area (Å²) < 4.78 is 0. The predicted octanol–water partition coefficient (Wildman–Crippen LogP) is -0.710. The minimum Gasteiger partial charge on any atom is -0.316 e. The molecule has 10 nitrogen and oxygen atoms in total. The molecule has 5 unspecified atom stereocenters.